The molecule has 0 unspecified atom stereocenters. The van der Waals surface area contributed by atoms with E-state index in [9.17, 15) is 4.79 Å². The molecule has 0 aromatic carbocycles. The summed E-state index contributed by atoms with van der Waals surface area (Å²) in [5.41, 5.74) is 0.304. The van der Waals surface area contributed by atoms with Gasteiger partial charge in [-0.15, -0.1) is 0 Å². The topological polar surface area (TPSA) is 63.9 Å². The van der Waals surface area contributed by atoms with E-state index in [0.717, 1.165) is 25.2 Å². The Balaban J connectivity index is 1.82. The molecular formula is C17H22ClN5O. The minimum absolute atomic E-state index is 0.119. The van der Waals surface area contributed by atoms with Crippen LogP contribution in [0.5, 0.6) is 0 Å². The minimum Gasteiger partial charge on any atom is -0.335 e. The molecule has 0 N–H and O–H groups in total. The van der Waals surface area contributed by atoms with Crippen molar-refractivity contribution < 1.29 is 4.79 Å². The second-order valence-corrected chi connectivity index (χ2v) is 6.92. The number of nitrogens with zero attached hydrogens (tertiary/aromatic N) is 5. The Kier molecular flexibility index (Phi) is 4.85. The summed E-state index contributed by atoms with van der Waals surface area (Å²) in [6, 6.07) is 0.246. The zero-order valence-electron chi connectivity index (χ0n) is 14.2. The van der Waals surface area contributed by atoms with E-state index in [-0.39, 0.29) is 17.9 Å². The third-order valence-electron chi connectivity index (χ3n) is 4.42. The molecule has 128 valence electrons. The number of halogens is 1. The summed E-state index contributed by atoms with van der Waals surface area (Å²) in [5, 5.41) is 0.310. The molecule has 24 heavy (non-hydrogen) atoms. The van der Waals surface area contributed by atoms with Crippen LogP contribution in [-0.2, 0) is 0 Å². The van der Waals surface area contributed by atoms with E-state index in [0.29, 0.717) is 23.1 Å². The van der Waals surface area contributed by atoms with Crippen molar-refractivity contribution in [3.05, 3.63) is 41.0 Å². The summed E-state index contributed by atoms with van der Waals surface area (Å²) >= 11 is 6.19. The van der Waals surface area contributed by atoms with E-state index in [2.05, 4.69) is 19.5 Å². The van der Waals surface area contributed by atoms with Gasteiger partial charge < -0.3 is 9.47 Å². The van der Waals surface area contributed by atoms with E-state index < -0.39 is 0 Å². The van der Waals surface area contributed by atoms with Crippen LogP contribution in [0.25, 0.3) is 0 Å². The number of aromatic nitrogens is 4. The Bertz CT molecular complexity index is 742. The smallest absolute Gasteiger partial charge is 0.274 e. The fourth-order valence-electron chi connectivity index (χ4n) is 3.10. The molecule has 0 saturated carbocycles. The van der Waals surface area contributed by atoms with Crippen molar-refractivity contribution >= 4 is 17.5 Å². The van der Waals surface area contributed by atoms with Gasteiger partial charge in [0.25, 0.3) is 5.91 Å². The van der Waals surface area contributed by atoms with Crippen molar-refractivity contribution in [3.63, 3.8) is 0 Å². The lowest BCUT2D eigenvalue weighted by atomic mass is 10.0. The van der Waals surface area contributed by atoms with Gasteiger partial charge >= 0.3 is 0 Å². The minimum atomic E-state index is -0.119. The lowest BCUT2D eigenvalue weighted by molar-refractivity contribution is 0.0672. The second-order valence-electron chi connectivity index (χ2n) is 6.51. The van der Waals surface area contributed by atoms with Gasteiger partial charge in [-0.25, -0.2) is 15.0 Å². The first-order chi connectivity index (χ1) is 11.5. The Morgan fingerprint density at radius 3 is 2.83 bits per heavy atom. The highest BCUT2D eigenvalue weighted by atomic mass is 35.5. The molecule has 1 saturated heterocycles. The summed E-state index contributed by atoms with van der Waals surface area (Å²) in [6.45, 7) is 7.34. The van der Waals surface area contributed by atoms with Gasteiger partial charge in [0.2, 0.25) is 0 Å². The first-order valence-corrected chi connectivity index (χ1v) is 8.66. The summed E-state index contributed by atoms with van der Waals surface area (Å²) < 4.78 is 2.14. The van der Waals surface area contributed by atoms with Crippen molar-refractivity contribution in [1.29, 1.82) is 0 Å². The Morgan fingerprint density at radius 2 is 2.17 bits per heavy atom. The van der Waals surface area contributed by atoms with E-state index in [1.54, 1.807) is 6.20 Å². The van der Waals surface area contributed by atoms with E-state index in [1.807, 2.05) is 31.9 Å². The summed E-state index contributed by atoms with van der Waals surface area (Å²) in [5.74, 6) is 1.64. The average molecular weight is 348 g/mol. The van der Waals surface area contributed by atoms with Gasteiger partial charge in [-0.05, 0) is 19.8 Å². The number of carbonyl (C=O) groups is 1. The number of piperidine rings is 1. The highest BCUT2D eigenvalue weighted by Crippen LogP contribution is 2.25. The van der Waals surface area contributed by atoms with Gasteiger partial charge in [0, 0.05) is 31.4 Å². The number of amides is 1. The molecule has 0 aliphatic carbocycles. The molecule has 7 heteroatoms. The van der Waals surface area contributed by atoms with Crippen LogP contribution in [0.3, 0.4) is 0 Å². The molecule has 1 aliphatic rings. The van der Waals surface area contributed by atoms with Crippen LogP contribution in [0, 0.1) is 6.92 Å². The van der Waals surface area contributed by atoms with Crippen LogP contribution in [-0.4, -0.2) is 43.4 Å². The molecule has 1 fully saturated rings. The number of hydrogen-bond donors (Lipinski definition) is 0. The van der Waals surface area contributed by atoms with Gasteiger partial charge in [-0.3, -0.25) is 4.79 Å². The van der Waals surface area contributed by atoms with Crippen LogP contribution in [0.4, 0.5) is 0 Å². The van der Waals surface area contributed by atoms with Crippen LogP contribution in [0.15, 0.2) is 18.6 Å². The third kappa shape index (κ3) is 3.29. The number of hydrogen-bond acceptors (Lipinski definition) is 4. The monoisotopic (exact) mass is 347 g/mol. The van der Waals surface area contributed by atoms with Crippen LogP contribution < -0.4 is 0 Å². The first-order valence-electron chi connectivity index (χ1n) is 8.28. The van der Waals surface area contributed by atoms with Crippen molar-refractivity contribution in [2.75, 3.05) is 13.1 Å². The molecule has 6 nitrogen and oxygen atoms in total. The molecule has 1 aliphatic heterocycles. The largest absolute Gasteiger partial charge is 0.335 e. The first kappa shape index (κ1) is 16.9. The molecule has 1 amide bonds. The predicted molar refractivity (Wildman–Crippen MR) is 92.3 cm³/mol. The van der Waals surface area contributed by atoms with Crippen molar-refractivity contribution in [2.45, 2.75) is 45.6 Å². The fourth-order valence-corrected chi connectivity index (χ4v) is 3.27. The highest BCUT2D eigenvalue weighted by molar-refractivity contribution is 6.33. The maximum absolute atomic E-state index is 12.9. The summed E-state index contributed by atoms with van der Waals surface area (Å²) in [7, 11) is 0. The number of imidazole rings is 1. The predicted octanol–water partition coefficient (Wildman–Crippen LogP) is 3.24. The molecule has 0 spiro atoms. The average Bonchev–Trinajstić information content (AvgIpc) is 3.00. The Hall–Kier alpha value is -1.95. The summed E-state index contributed by atoms with van der Waals surface area (Å²) in [4.78, 5) is 27.6. The second kappa shape index (κ2) is 6.89. The van der Waals surface area contributed by atoms with Crippen molar-refractivity contribution in [2.24, 2.45) is 0 Å². The van der Waals surface area contributed by atoms with Crippen molar-refractivity contribution in [1.82, 2.24) is 24.4 Å². The summed E-state index contributed by atoms with van der Waals surface area (Å²) in [6.07, 6.45) is 7.29. The number of rotatable bonds is 3. The van der Waals surface area contributed by atoms with E-state index in [4.69, 9.17) is 11.6 Å². The molecule has 2 aromatic rings. The van der Waals surface area contributed by atoms with Gasteiger partial charge in [-0.2, -0.15) is 0 Å². The van der Waals surface area contributed by atoms with Gasteiger partial charge in [0.15, 0.2) is 5.69 Å². The normalized spacial score (nSPS) is 18.2. The van der Waals surface area contributed by atoms with Crippen molar-refractivity contribution in [3.8, 4) is 0 Å². The zero-order chi connectivity index (χ0) is 17.3. The number of carbonyl (C=O) groups excluding carboxylic acids is 1. The van der Waals surface area contributed by atoms with Crippen LogP contribution in [0.1, 0.15) is 60.8 Å². The quantitative estimate of drug-likeness (QED) is 0.855. The molecule has 3 rings (SSSR count). The molecule has 3 heterocycles. The Labute approximate surface area is 146 Å². The molecule has 0 radical (unpaired) electrons. The van der Waals surface area contributed by atoms with Crippen LogP contribution >= 0.6 is 11.6 Å². The standard InChI is InChI=1S/C17H22ClN5O/c1-11(2)16-20-9-14(18)15(21-16)17(24)22-7-4-5-13(10-22)23-8-6-19-12(23)3/h6,8-9,11,13H,4-5,7,10H2,1-3H3/t13-/m0/s1. The zero-order valence-corrected chi connectivity index (χ0v) is 15.0. The maximum Gasteiger partial charge on any atom is 0.274 e. The SMILES string of the molecule is Cc1nccn1[C@H]1CCCN(C(=O)c2nc(C(C)C)ncc2Cl)C1. The van der Waals surface area contributed by atoms with Gasteiger partial charge in [0.1, 0.15) is 11.6 Å². The molecular weight excluding hydrogens is 326 g/mol. The van der Waals surface area contributed by atoms with E-state index in [1.165, 1.54) is 6.20 Å². The fraction of sp³-hybridized carbons (Fsp3) is 0.529. The lowest BCUT2D eigenvalue weighted by Crippen LogP contribution is -2.41. The number of likely N-dealkylation sites (tertiary alicyclic amines) is 1. The van der Waals surface area contributed by atoms with Gasteiger partial charge in [0.05, 0.1) is 17.3 Å². The van der Waals surface area contributed by atoms with Gasteiger partial charge in [-0.1, -0.05) is 25.4 Å². The Morgan fingerprint density at radius 1 is 1.38 bits per heavy atom. The van der Waals surface area contributed by atoms with E-state index >= 15 is 0 Å². The highest BCUT2D eigenvalue weighted by Gasteiger charge is 2.28. The lowest BCUT2D eigenvalue weighted by Gasteiger charge is -2.33. The third-order valence-corrected chi connectivity index (χ3v) is 4.70. The number of aryl methyl sites for hydroxylation is 1. The molecule has 0 bridgehead atoms. The maximum atomic E-state index is 12.9. The van der Waals surface area contributed by atoms with Crippen LogP contribution in [0.2, 0.25) is 5.02 Å². The molecule has 2 aromatic heterocycles. The molecule has 1 atom stereocenters.